The fraction of sp³-hybridized carbons (Fsp3) is 0.350. The van der Waals surface area contributed by atoms with Gasteiger partial charge in [0.25, 0.3) is 5.91 Å². The molecule has 0 aromatic heterocycles. The molecule has 26 heavy (non-hydrogen) atoms. The summed E-state index contributed by atoms with van der Waals surface area (Å²) >= 11 is 0. The number of hydrogen-bond acceptors (Lipinski definition) is 3. The molecule has 0 bridgehead atoms. The molecular weight excluding hydrogens is 330 g/mol. The molecule has 4 rings (SSSR count). The summed E-state index contributed by atoms with van der Waals surface area (Å²) in [5.41, 5.74) is 0.982. The quantitative estimate of drug-likeness (QED) is 0.841. The number of imide groups is 1. The third-order valence-corrected chi connectivity index (χ3v) is 5.02. The Balaban J connectivity index is 1.40. The minimum atomic E-state index is -0.342. The van der Waals surface area contributed by atoms with Gasteiger partial charge < -0.3 is 10.2 Å². The summed E-state index contributed by atoms with van der Waals surface area (Å²) in [6.07, 6.45) is 1.89. The van der Waals surface area contributed by atoms with Crippen molar-refractivity contribution in [3.63, 3.8) is 0 Å². The molecule has 2 aliphatic rings. The third kappa shape index (κ3) is 3.14. The van der Waals surface area contributed by atoms with Gasteiger partial charge in [-0.3, -0.25) is 14.5 Å². The summed E-state index contributed by atoms with van der Waals surface area (Å²) in [7, 11) is 0. The molecule has 0 radical (unpaired) electrons. The highest BCUT2D eigenvalue weighted by Gasteiger charge is 2.44. The molecule has 2 fully saturated rings. The summed E-state index contributed by atoms with van der Waals surface area (Å²) in [5, 5.41) is 5.13. The highest BCUT2D eigenvalue weighted by Crippen LogP contribution is 2.30. The van der Waals surface area contributed by atoms with Gasteiger partial charge in [-0.2, -0.15) is 0 Å². The highest BCUT2D eigenvalue weighted by atomic mass is 16.2. The zero-order chi connectivity index (χ0) is 18.3. The standard InChI is InChI=1S/C20H21N3O3/c1-13(15-7-6-14-4-2-3-5-16(14)10-15)21-18(24)11-23-19(25)12-22(20(23)26)17-8-9-17/h2-7,10,13,17H,8-9,11-12H2,1H3,(H,21,24). The van der Waals surface area contributed by atoms with Crippen molar-refractivity contribution in [2.75, 3.05) is 13.1 Å². The number of fused-ring (bicyclic) bond motifs is 1. The van der Waals surface area contributed by atoms with Gasteiger partial charge in [-0.1, -0.05) is 36.4 Å². The Morgan fingerprint density at radius 1 is 1.15 bits per heavy atom. The fourth-order valence-electron chi connectivity index (χ4n) is 3.38. The van der Waals surface area contributed by atoms with Crippen molar-refractivity contribution in [1.82, 2.24) is 15.1 Å². The topological polar surface area (TPSA) is 69.7 Å². The zero-order valence-electron chi connectivity index (χ0n) is 14.6. The first-order chi connectivity index (χ1) is 12.5. The van der Waals surface area contributed by atoms with Crippen LogP contribution in [0.1, 0.15) is 31.4 Å². The zero-order valence-corrected chi connectivity index (χ0v) is 14.6. The van der Waals surface area contributed by atoms with Crippen LogP contribution in [0.3, 0.4) is 0 Å². The van der Waals surface area contributed by atoms with Gasteiger partial charge in [0.1, 0.15) is 13.1 Å². The fourth-order valence-corrected chi connectivity index (χ4v) is 3.38. The Kier molecular flexibility index (Phi) is 4.11. The lowest BCUT2D eigenvalue weighted by atomic mass is 10.0. The molecule has 2 aromatic carbocycles. The Hall–Kier alpha value is -2.89. The van der Waals surface area contributed by atoms with Gasteiger partial charge in [0.2, 0.25) is 5.91 Å². The maximum Gasteiger partial charge on any atom is 0.327 e. The molecular formula is C20H21N3O3. The van der Waals surface area contributed by atoms with E-state index < -0.39 is 0 Å². The van der Waals surface area contributed by atoms with E-state index in [4.69, 9.17) is 0 Å². The molecule has 1 aliphatic carbocycles. The lowest BCUT2D eigenvalue weighted by molar-refractivity contribution is -0.131. The van der Waals surface area contributed by atoms with Gasteiger partial charge in [-0.05, 0) is 42.2 Å². The Labute approximate surface area is 151 Å². The lowest BCUT2D eigenvalue weighted by Gasteiger charge is -2.19. The van der Waals surface area contributed by atoms with Crippen molar-refractivity contribution < 1.29 is 14.4 Å². The van der Waals surface area contributed by atoms with E-state index in [1.54, 1.807) is 4.90 Å². The second kappa shape index (κ2) is 6.44. The summed E-state index contributed by atoms with van der Waals surface area (Å²) in [6, 6.07) is 13.7. The van der Waals surface area contributed by atoms with Crippen LogP contribution in [0.2, 0.25) is 0 Å². The molecule has 1 atom stereocenters. The molecule has 1 unspecified atom stereocenters. The van der Waals surface area contributed by atoms with Crippen molar-refractivity contribution in [3.05, 3.63) is 48.0 Å². The van der Waals surface area contributed by atoms with E-state index in [-0.39, 0.29) is 43.0 Å². The van der Waals surface area contributed by atoms with E-state index in [0.717, 1.165) is 34.1 Å². The van der Waals surface area contributed by atoms with E-state index >= 15 is 0 Å². The van der Waals surface area contributed by atoms with E-state index in [1.165, 1.54) is 0 Å². The van der Waals surface area contributed by atoms with Crippen LogP contribution in [0.4, 0.5) is 4.79 Å². The molecule has 6 nitrogen and oxygen atoms in total. The molecule has 6 heteroatoms. The van der Waals surface area contributed by atoms with Gasteiger partial charge in [0.15, 0.2) is 0 Å². The number of nitrogens with zero attached hydrogens (tertiary/aromatic N) is 2. The molecule has 1 saturated carbocycles. The number of amides is 4. The molecule has 4 amide bonds. The van der Waals surface area contributed by atoms with Gasteiger partial charge in [0.05, 0.1) is 6.04 Å². The molecule has 1 heterocycles. The number of carbonyl (C=O) groups is 3. The van der Waals surface area contributed by atoms with Gasteiger partial charge in [-0.15, -0.1) is 0 Å². The largest absolute Gasteiger partial charge is 0.348 e. The highest BCUT2D eigenvalue weighted by molar-refractivity contribution is 6.04. The predicted molar refractivity (Wildman–Crippen MR) is 97.3 cm³/mol. The molecule has 134 valence electrons. The van der Waals surface area contributed by atoms with Crippen LogP contribution in [-0.2, 0) is 9.59 Å². The predicted octanol–water partition coefficient (Wildman–Crippen LogP) is 2.44. The van der Waals surface area contributed by atoms with Gasteiger partial charge in [0, 0.05) is 6.04 Å². The lowest BCUT2D eigenvalue weighted by Crippen LogP contribution is -2.42. The summed E-state index contributed by atoms with van der Waals surface area (Å²) in [4.78, 5) is 39.3. The molecule has 2 aromatic rings. The maximum absolute atomic E-state index is 12.4. The van der Waals surface area contributed by atoms with Crippen LogP contribution in [0.25, 0.3) is 10.8 Å². The first kappa shape index (κ1) is 16.6. The number of nitrogens with one attached hydrogen (secondary N) is 1. The monoisotopic (exact) mass is 351 g/mol. The Morgan fingerprint density at radius 3 is 2.62 bits per heavy atom. The second-order valence-corrected chi connectivity index (χ2v) is 7.02. The third-order valence-electron chi connectivity index (χ3n) is 5.02. The van der Waals surface area contributed by atoms with Crippen LogP contribution < -0.4 is 5.32 Å². The number of hydrogen-bond donors (Lipinski definition) is 1. The molecule has 1 aliphatic heterocycles. The van der Waals surface area contributed by atoms with Crippen molar-refractivity contribution >= 4 is 28.6 Å². The average Bonchev–Trinajstić information content (AvgIpc) is 3.44. The van der Waals surface area contributed by atoms with Crippen LogP contribution in [-0.4, -0.2) is 46.8 Å². The van der Waals surface area contributed by atoms with Crippen LogP contribution in [0.15, 0.2) is 42.5 Å². The maximum atomic E-state index is 12.4. The minimum absolute atomic E-state index is 0.0943. The van der Waals surface area contributed by atoms with E-state index in [1.807, 2.05) is 49.4 Å². The second-order valence-electron chi connectivity index (χ2n) is 7.02. The van der Waals surface area contributed by atoms with Crippen molar-refractivity contribution in [3.8, 4) is 0 Å². The van der Waals surface area contributed by atoms with Crippen LogP contribution in [0.5, 0.6) is 0 Å². The Morgan fingerprint density at radius 2 is 1.88 bits per heavy atom. The molecule has 1 saturated heterocycles. The average molecular weight is 351 g/mol. The normalized spacial score (nSPS) is 18.5. The van der Waals surface area contributed by atoms with Gasteiger partial charge >= 0.3 is 6.03 Å². The summed E-state index contributed by atoms with van der Waals surface area (Å²) in [6.45, 7) is 1.77. The number of benzene rings is 2. The SMILES string of the molecule is CC(NC(=O)CN1C(=O)CN(C2CC2)C1=O)c1ccc2ccccc2c1. The van der Waals surface area contributed by atoms with E-state index in [2.05, 4.69) is 5.32 Å². The van der Waals surface area contributed by atoms with E-state index in [0.29, 0.717) is 0 Å². The smallest absolute Gasteiger partial charge is 0.327 e. The number of rotatable bonds is 5. The van der Waals surface area contributed by atoms with Crippen LogP contribution >= 0.6 is 0 Å². The first-order valence-electron chi connectivity index (χ1n) is 8.92. The van der Waals surface area contributed by atoms with Crippen molar-refractivity contribution in [2.24, 2.45) is 0 Å². The molecule has 0 spiro atoms. The number of carbonyl (C=O) groups excluding carboxylic acids is 3. The van der Waals surface area contributed by atoms with Crippen molar-refractivity contribution in [1.29, 1.82) is 0 Å². The number of urea groups is 1. The first-order valence-corrected chi connectivity index (χ1v) is 8.92. The molecule has 1 N–H and O–H groups in total. The van der Waals surface area contributed by atoms with E-state index in [9.17, 15) is 14.4 Å². The minimum Gasteiger partial charge on any atom is -0.348 e. The Bertz CT molecular complexity index is 891. The summed E-state index contributed by atoms with van der Waals surface area (Å²) in [5.74, 6) is -0.625. The van der Waals surface area contributed by atoms with Crippen molar-refractivity contribution in [2.45, 2.75) is 31.8 Å². The summed E-state index contributed by atoms with van der Waals surface area (Å²) < 4.78 is 0. The van der Waals surface area contributed by atoms with Gasteiger partial charge in [-0.25, -0.2) is 4.79 Å². The van der Waals surface area contributed by atoms with Crippen LogP contribution in [0, 0.1) is 0 Å².